The van der Waals surface area contributed by atoms with Gasteiger partial charge in [0, 0.05) is 13.1 Å². The zero-order valence-electron chi connectivity index (χ0n) is 12.7. The molecule has 3 rings (SSSR count). The molecule has 0 unspecified atom stereocenters. The standard InChI is InChI=1S/C20H25N/c1-2-8-17(9-3-1)10-7-15-21-16-19-13-6-12-18-11-4-5-14-20(18)19/h4-7,10-14,17,21H,1-3,8-9,15-16H2/b10-7+. The Balaban J connectivity index is 1.51. The van der Waals surface area contributed by atoms with Gasteiger partial charge >= 0.3 is 0 Å². The largest absolute Gasteiger partial charge is 0.309 e. The Morgan fingerprint density at radius 1 is 0.952 bits per heavy atom. The minimum atomic E-state index is 0.832. The first-order valence-electron chi connectivity index (χ1n) is 8.27. The molecule has 1 aliphatic carbocycles. The van der Waals surface area contributed by atoms with E-state index in [1.54, 1.807) is 0 Å². The van der Waals surface area contributed by atoms with Crippen molar-refractivity contribution in [3.8, 4) is 0 Å². The van der Waals surface area contributed by atoms with E-state index in [2.05, 4.69) is 59.9 Å². The molecule has 0 radical (unpaired) electrons. The van der Waals surface area contributed by atoms with Crippen LogP contribution in [-0.4, -0.2) is 6.54 Å². The van der Waals surface area contributed by atoms with Crippen LogP contribution >= 0.6 is 0 Å². The minimum Gasteiger partial charge on any atom is -0.309 e. The molecule has 0 spiro atoms. The lowest BCUT2D eigenvalue weighted by atomic mass is 9.89. The molecule has 0 aromatic heterocycles. The zero-order valence-corrected chi connectivity index (χ0v) is 12.7. The molecule has 0 heterocycles. The molecular formula is C20H25N. The normalized spacial score (nSPS) is 16.8. The molecule has 1 heteroatoms. The molecular weight excluding hydrogens is 254 g/mol. The average Bonchev–Trinajstić information content (AvgIpc) is 2.56. The highest BCUT2D eigenvalue weighted by Crippen LogP contribution is 2.24. The van der Waals surface area contributed by atoms with Crippen LogP contribution < -0.4 is 5.32 Å². The van der Waals surface area contributed by atoms with Crippen LogP contribution in [0.15, 0.2) is 54.6 Å². The molecule has 0 aliphatic heterocycles. The Morgan fingerprint density at radius 2 is 1.76 bits per heavy atom. The van der Waals surface area contributed by atoms with Crippen LogP contribution in [0.3, 0.4) is 0 Å². The molecule has 0 bridgehead atoms. The van der Waals surface area contributed by atoms with Crippen LogP contribution in [0, 0.1) is 5.92 Å². The molecule has 2 aromatic carbocycles. The Kier molecular flexibility index (Phi) is 5.07. The number of allylic oxidation sites excluding steroid dienone is 1. The maximum absolute atomic E-state index is 3.55. The highest BCUT2D eigenvalue weighted by molar-refractivity contribution is 5.85. The fourth-order valence-electron chi connectivity index (χ4n) is 3.32. The van der Waals surface area contributed by atoms with E-state index >= 15 is 0 Å². The second-order valence-electron chi connectivity index (χ2n) is 6.10. The first-order chi connectivity index (χ1) is 10.4. The summed E-state index contributed by atoms with van der Waals surface area (Å²) in [7, 11) is 0. The van der Waals surface area contributed by atoms with Gasteiger partial charge in [-0.2, -0.15) is 0 Å². The predicted octanol–water partition coefficient (Wildman–Crippen LogP) is 5.07. The van der Waals surface area contributed by atoms with Gasteiger partial charge in [0.1, 0.15) is 0 Å². The lowest BCUT2D eigenvalue weighted by Crippen LogP contribution is -2.13. The van der Waals surface area contributed by atoms with Gasteiger partial charge in [0.05, 0.1) is 0 Å². The van der Waals surface area contributed by atoms with Crippen molar-refractivity contribution < 1.29 is 0 Å². The molecule has 0 atom stereocenters. The van der Waals surface area contributed by atoms with Gasteiger partial charge in [-0.3, -0.25) is 0 Å². The second kappa shape index (κ2) is 7.42. The number of hydrogen-bond acceptors (Lipinski definition) is 1. The van der Waals surface area contributed by atoms with Crippen LogP contribution in [0.2, 0.25) is 0 Å². The third-order valence-corrected chi connectivity index (χ3v) is 4.52. The first-order valence-corrected chi connectivity index (χ1v) is 8.27. The van der Waals surface area contributed by atoms with Crippen LogP contribution in [0.4, 0.5) is 0 Å². The van der Waals surface area contributed by atoms with Crippen molar-refractivity contribution in [1.82, 2.24) is 5.32 Å². The molecule has 110 valence electrons. The first kappa shape index (κ1) is 14.3. The Bertz CT molecular complexity index is 588. The van der Waals surface area contributed by atoms with Gasteiger partial charge in [0.2, 0.25) is 0 Å². The summed E-state index contributed by atoms with van der Waals surface area (Å²) in [6.45, 7) is 1.91. The molecule has 0 saturated heterocycles. The monoisotopic (exact) mass is 279 g/mol. The van der Waals surface area contributed by atoms with E-state index in [-0.39, 0.29) is 0 Å². The minimum absolute atomic E-state index is 0.832. The van der Waals surface area contributed by atoms with Crippen molar-refractivity contribution in [1.29, 1.82) is 0 Å². The van der Waals surface area contributed by atoms with Crippen LogP contribution in [-0.2, 0) is 6.54 Å². The van der Waals surface area contributed by atoms with E-state index in [4.69, 9.17) is 0 Å². The zero-order chi connectivity index (χ0) is 14.3. The summed E-state index contributed by atoms with van der Waals surface area (Å²) >= 11 is 0. The van der Waals surface area contributed by atoms with Crippen molar-refractivity contribution in [3.63, 3.8) is 0 Å². The third kappa shape index (κ3) is 3.95. The fourth-order valence-corrected chi connectivity index (χ4v) is 3.32. The molecule has 1 nitrogen and oxygen atoms in total. The van der Waals surface area contributed by atoms with Gasteiger partial charge in [-0.25, -0.2) is 0 Å². The molecule has 1 aliphatic rings. The summed E-state index contributed by atoms with van der Waals surface area (Å²) < 4.78 is 0. The number of nitrogens with one attached hydrogen (secondary N) is 1. The summed E-state index contributed by atoms with van der Waals surface area (Å²) in [6.07, 6.45) is 11.8. The quantitative estimate of drug-likeness (QED) is 0.595. The van der Waals surface area contributed by atoms with E-state index in [9.17, 15) is 0 Å². The highest BCUT2D eigenvalue weighted by Gasteiger charge is 2.09. The van der Waals surface area contributed by atoms with Crippen molar-refractivity contribution in [2.24, 2.45) is 5.92 Å². The number of benzene rings is 2. The third-order valence-electron chi connectivity index (χ3n) is 4.52. The van der Waals surface area contributed by atoms with Gasteiger partial charge in [-0.1, -0.05) is 73.9 Å². The highest BCUT2D eigenvalue weighted by atomic mass is 14.8. The smallest absolute Gasteiger partial charge is 0.0214 e. The SMILES string of the molecule is C(=C\C1CCCCC1)/CNCc1cccc2ccccc12. The van der Waals surface area contributed by atoms with Gasteiger partial charge < -0.3 is 5.32 Å². The van der Waals surface area contributed by atoms with E-state index in [0.717, 1.165) is 19.0 Å². The van der Waals surface area contributed by atoms with Gasteiger partial charge in [0.25, 0.3) is 0 Å². The van der Waals surface area contributed by atoms with Crippen LogP contribution in [0.1, 0.15) is 37.7 Å². The predicted molar refractivity (Wildman–Crippen MR) is 91.4 cm³/mol. The maximum atomic E-state index is 3.55. The summed E-state index contributed by atoms with van der Waals surface area (Å²) in [6, 6.07) is 15.2. The van der Waals surface area contributed by atoms with E-state index in [1.165, 1.54) is 48.4 Å². The van der Waals surface area contributed by atoms with Crippen molar-refractivity contribution in [2.75, 3.05) is 6.54 Å². The Hall–Kier alpha value is -1.60. The Morgan fingerprint density at radius 3 is 2.67 bits per heavy atom. The lowest BCUT2D eigenvalue weighted by molar-refractivity contribution is 0.419. The fraction of sp³-hybridized carbons (Fsp3) is 0.400. The molecule has 2 aromatic rings. The van der Waals surface area contributed by atoms with Crippen molar-refractivity contribution >= 4 is 10.8 Å². The maximum Gasteiger partial charge on any atom is 0.0214 e. The van der Waals surface area contributed by atoms with E-state index < -0.39 is 0 Å². The molecule has 0 amide bonds. The van der Waals surface area contributed by atoms with Crippen LogP contribution in [0.5, 0.6) is 0 Å². The van der Waals surface area contributed by atoms with Gasteiger partial charge in [-0.05, 0) is 35.1 Å². The van der Waals surface area contributed by atoms with E-state index in [0.29, 0.717) is 0 Å². The van der Waals surface area contributed by atoms with Crippen molar-refractivity contribution in [3.05, 3.63) is 60.2 Å². The summed E-state index contributed by atoms with van der Waals surface area (Å²) in [5.41, 5.74) is 1.39. The topological polar surface area (TPSA) is 12.0 Å². The second-order valence-corrected chi connectivity index (χ2v) is 6.10. The van der Waals surface area contributed by atoms with E-state index in [1.807, 2.05) is 0 Å². The number of rotatable bonds is 5. The van der Waals surface area contributed by atoms with Crippen molar-refractivity contribution in [2.45, 2.75) is 38.6 Å². The summed E-state index contributed by atoms with van der Waals surface area (Å²) in [5.74, 6) is 0.832. The molecule has 1 fully saturated rings. The summed E-state index contributed by atoms with van der Waals surface area (Å²) in [4.78, 5) is 0. The van der Waals surface area contributed by atoms with Crippen LogP contribution in [0.25, 0.3) is 10.8 Å². The molecule has 21 heavy (non-hydrogen) atoms. The lowest BCUT2D eigenvalue weighted by Gasteiger charge is -2.17. The molecule has 1 N–H and O–H groups in total. The number of hydrogen-bond donors (Lipinski definition) is 1. The molecule has 1 saturated carbocycles. The van der Waals surface area contributed by atoms with Gasteiger partial charge in [-0.15, -0.1) is 0 Å². The van der Waals surface area contributed by atoms with Gasteiger partial charge in [0.15, 0.2) is 0 Å². The number of fused-ring (bicyclic) bond motifs is 1. The average molecular weight is 279 g/mol. The summed E-state index contributed by atoms with van der Waals surface area (Å²) in [5, 5.41) is 6.24. The Labute approximate surface area is 128 Å².